The number of carbonyl (C=O) groups excluding carboxylic acids is 1. The molecule has 3 N–H and O–H groups in total. The van der Waals surface area contributed by atoms with Crippen LogP contribution in [0.3, 0.4) is 0 Å². The molecule has 0 aliphatic rings. The third kappa shape index (κ3) is 6.76. The molecular formula is C10H20N2O3. The van der Waals surface area contributed by atoms with Crippen LogP contribution in [0.2, 0.25) is 0 Å². The quantitative estimate of drug-likeness (QED) is 0.621. The highest BCUT2D eigenvalue weighted by atomic mass is 16.4. The molecule has 0 saturated heterocycles. The van der Waals surface area contributed by atoms with Crippen molar-refractivity contribution in [2.24, 2.45) is 11.8 Å². The molecule has 88 valence electrons. The van der Waals surface area contributed by atoms with Gasteiger partial charge in [0.25, 0.3) is 0 Å². The average molecular weight is 216 g/mol. The molecule has 0 saturated carbocycles. The molecule has 15 heavy (non-hydrogen) atoms. The summed E-state index contributed by atoms with van der Waals surface area (Å²) in [6.45, 7) is 6.54. The van der Waals surface area contributed by atoms with Crippen LogP contribution in [0.25, 0.3) is 0 Å². The molecule has 0 heterocycles. The molecule has 5 nitrogen and oxygen atoms in total. The van der Waals surface area contributed by atoms with E-state index in [-0.39, 0.29) is 12.6 Å². The van der Waals surface area contributed by atoms with E-state index in [0.29, 0.717) is 18.9 Å². The lowest BCUT2D eigenvalue weighted by Crippen LogP contribution is -2.41. The predicted octanol–water partition coefficient (Wildman–Crippen LogP) is 1.05. The Morgan fingerprint density at radius 3 is 2.13 bits per heavy atom. The predicted molar refractivity (Wildman–Crippen MR) is 57.7 cm³/mol. The molecule has 1 unspecified atom stereocenters. The highest BCUT2D eigenvalue weighted by molar-refractivity contribution is 5.75. The summed E-state index contributed by atoms with van der Waals surface area (Å²) in [7, 11) is 0. The maximum Gasteiger partial charge on any atom is 0.314 e. The van der Waals surface area contributed by atoms with Crippen molar-refractivity contribution >= 4 is 12.0 Å². The first-order valence-corrected chi connectivity index (χ1v) is 5.21. The summed E-state index contributed by atoms with van der Waals surface area (Å²) in [4.78, 5) is 21.8. The number of amides is 2. The van der Waals surface area contributed by atoms with Gasteiger partial charge < -0.3 is 15.7 Å². The van der Waals surface area contributed by atoms with Gasteiger partial charge in [-0.05, 0) is 12.3 Å². The molecule has 0 aromatic heterocycles. The zero-order chi connectivity index (χ0) is 11.8. The summed E-state index contributed by atoms with van der Waals surface area (Å²) in [6, 6.07) is -0.302. The van der Waals surface area contributed by atoms with E-state index in [1.807, 2.05) is 13.8 Å². The second-order valence-corrected chi connectivity index (χ2v) is 3.93. The summed E-state index contributed by atoms with van der Waals surface area (Å²) < 4.78 is 0. The molecule has 0 spiro atoms. The van der Waals surface area contributed by atoms with E-state index in [2.05, 4.69) is 10.6 Å². The second kappa shape index (κ2) is 7.09. The topological polar surface area (TPSA) is 78.4 Å². The minimum Gasteiger partial charge on any atom is -0.481 e. The van der Waals surface area contributed by atoms with Crippen molar-refractivity contribution in [1.82, 2.24) is 10.6 Å². The minimum atomic E-state index is -0.873. The van der Waals surface area contributed by atoms with Gasteiger partial charge in [-0.2, -0.15) is 0 Å². The maximum absolute atomic E-state index is 11.2. The lowest BCUT2D eigenvalue weighted by atomic mass is 10.1. The van der Waals surface area contributed by atoms with Crippen LogP contribution in [0.15, 0.2) is 0 Å². The Balaban J connectivity index is 3.74. The molecule has 0 radical (unpaired) electrons. The van der Waals surface area contributed by atoms with Crippen LogP contribution in [-0.4, -0.2) is 30.2 Å². The van der Waals surface area contributed by atoms with Crippen molar-refractivity contribution in [2.45, 2.75) is 27.2 Å². The number of hydrogen-bond donors (Lipinski definition) is 3. The molecule has 5 heteroatoms. The van der Waals surface area contributed by atoms with Gasteiger partial charge in [-0.25, -0.2) is 4.79 Å². The van der Waals surface area contributed by atoms with Crippen LogP contribution < -0.4 is 10.6 Å². The van der Waals surface area contributed by atoms with E-state index in [9.17, 15) is 9.59 Å². The van der Waals surface area contributed by atoms with E-state index in [0.717, 1.165) is 0 Å². The number of carboxylic acids is 1. The Morgan fingerprint density at radius 1 is 1.20 bits per heavy atom. The number of nitrogens with one attached hydrogen (secondary N) is 2. The summed E-state index contributed by atoms with van der Waals surface area (Å²) in [5.74, 6) is -0.992. The van der Waals surface area contributed by atoms with Crippen LogP contribution in [0.4, 0.5) is 4.79 Å². The first-order valence-electron chi connectivity index (χ1n) is 5.21. The Bertz CT molecular complexity index is 217. The van der Waals surface area contributed by atoms with Crippen LogP contribution in [-0.2, 0) is 4.79 Å². The summed E-state index contributed by atoms with van der Waals surface area (Å²) >= 11 is 0. The number of hydrogen-bond acceptors (Lipinski definition) is 2. The SMILES string of the molecule is CCC(CNC(=O)NCC(C)C)C(=O)O. The van der Waals surface area contributed by atoms with Crippen molar-refractivity contribution in [2.75, 3.05) is 13.1 Å². The monoisotopic (exact) mass is 216 g/mol. The lowest BCUT2D eigenvalue weighted by molar-refractivity contribution is -0.141. The standard InChI is InChI=1S/C10H20N2O3/c1-4-8(9(13)14)6-12-10(15)11-5-7(2)3/h7-8H,4-6H2,1-3H3,(H,13,14)(H2,11,12,15). The van der Waals surface area contributed by atoms with Crippen molar-refractivity contribution in [3.8, 4) is 0 Å². The van der Waals surface area contributed by atoms with Gasteiger partial charge in [0.15, 0.2) is 0 Å². The molecule has 0 rings (SSSR count). The van der Waals surface area contributed by atoms with Gasteiger partial charge in [-0.1, -0.05) is 20.8 Å². The molecular weight excluding hydrogens is 196 g/mol. The van der Waals surface area contributed by atoms with Gasteiger partial charge in [-0.3, -0.25) is 4.79 Å². The highest BCUT2D eigenvalue weighted by Crippen LogP contribution is 1.99. The summed E-state index contributed by atoms with van der Waals surface area (Å²) in [5, 5.41) is 13.9. The van der Waals surface area contributed by atoms with Crippen molar-refractivity contribution in [1.29, 1.82) is 0 Å². The van der Waals surface area contributed by atoms with Gasteiger partial charge in [-0.15, -0.1) is 0 Å². The van der Waals surface area contributed by atoms with E-state index in [4.69, 9.17) is 5.11 Å². The van der Waals surface area contributed by atoms with Crippen LogP contribution >= 0.6 is 0 Å². The van der Waals surface area contributed by atoms with Crippen LogP contribution in [0.1, 0.15) is 27.2 Å². The Morgan fingerprint density at radius 2 is 1.73 bits per heavy atom. The Hall–Kier alpha value is -1.26. The van der Waals surface area contributed by atoms with Gasteiger partial charge in [0.2, 0.25) is 0 Å². The third-order valence-corrected chi connectivity index (χ3v) is 2.02. The average Bonchev–Trinajstić information content (AvgIpc) is 2.15. The zero-order valence-corrected chi connectivity index (χ0v) is 9.54. The summed E-state index contributed by atoms with van der Waals surface area (Å²) in [5.41, 5.74) is 0. The van der Waals surface area contributed by atoms with Gasteiger partial charge in [0.05, 0.1) is 5.92 Å². The molecule has 0 aliphatic carbocycles. The number of urea groups is 1. The first kappa shape index (κ1) is 13.7. The highest BCUT2D eigenvalue weighted by Gasteiger charge is 2.15. The van der Waals surface area contributed by atoms with Crippen molar-refractivity contribution in [3.63, 3.8) is 0 Å². The molecule has 2 amide bonds. The van der Waals surface area contributed by atoms with E-state index in [1.165, 1.54) is 0 Å². The van der Waals surface area contributed by atoms with Gasteiger partial charge in [0.1, 0.15) is 0 Å². The largest absolute Gasteiger partial charge is 0.481 e. The molecule has 1 atom stereocenters. The number of aliphatic carboxylic acids is 1. The number of carbonyl (C=O) groups is 2. The van der Waals surface area contributed by atoms with Crippen LogP contribution in [0, 0.1) is 11.8 Å². The van der Waals surface area contributed by atoms with Gasteiger partial charge >= 0.3 is 12.0 Å². The number of rotatable bonds is 6. The maximum atomic E-state index is 11.2. The van der Waals surface area contributed by atoms with E-state index < -0.39 is 11.9 Å². The fraction of sp³-hybridized carbons (Fsp3) is 0.800. The molecule has 0 aromatic rings. The summed E-state index contributed by atoms with van der Waals surface area (Å²) in [6.07, 6.45) is 0.514. The van der Waals surface area contributed by atoms with Crippen molar-refractivity contribution < 1.29 is 14.7 Å². The fourth-order valence-corrected chi connectivity index (χ4v) is 0.981. The Kier molecular flexibility index (Phi) is 6.49. The molecule has 0 fully saturated rings. The third-order valence-electron chi connectivity index (χ3n) is 2.02. The fourth-order valence-electron chi connectivity index (χ4n) is 0.981. The minimum absolute atomic E-state index is 0.176. The molecule has 0 bridgehead atoms. The van der Waals surface area contributed by atoms with Crippen LogP contribution in [0.5, 0.6) is 0 Å². The van der Waals surface area contributed by atoms with E-state index >= 15 is 0 Å². The first-order chi connectivity index (χ1) is 6.97. The normalized spacial score (nSPS) is 12.3. The molecule has 0 aromatic carbocycles. The van der Waals surface area contributed by atoms with Gasteiger partial charge in [0, 0.05) is 13.1 Å². The smallest absolute Gasteiger partial charge is 0.314 e. The molecule has 0 aliphatic heterocycles. The zero-order valence-electron chi connectivity index (χ0n) is 9.54. The second-order valence-electron chi connectivity index (χ2n) is 3.93. The van der Waals surface area contributed by atoms with Crippen molar-refractivity contribution in [3.05, 3.63) is 0 Å². The lowest BCUT2D eigenvalue weighted by Gasteiger charge is -2.12. The van der Waals surface area contributed by atoms with E-state index in [1.54, 1.807) is 6.92 Å². The number of carboxylic acid groups (broad SMARTS) is 1. The Labute approximate surface area is 90.2 Å².